The van der Waals surface area contributed by atoms with E-state index in [0.717, 1.165) is 30.6 Å². The minimum absolute atomic E-state index is 0.0371. The number of halogens is 1. The van der Waals surface area contributed by atoms with Gasteiger partial charge in [0.05, 0.1) is 18.6 Å². The minimum Gasteiger partial charge on any atom is -0.493 e. The molecule has 1 amide bonds. The van der Waals surface area contributed by atoms with E-state index in [4.69, 9.17) is 4.74 Å². The zero-order chi connectivity index (χ0) is 16.1. The van der Waals surface area contributed by atoms with Gasteiger partial charge in [0.25, 0.3) is 0 Å². The number of benzene rings is 2. The van der Waals surface area contributed by atoms with E-state index in [0.29, 0.717) is 13.0 Å². The molecule has 0 spiro atoms. The van der Waals surface area contributed by atoms with E-state index in [1.54, 1.807) is 12.1 Å². The first kappa shape index (κ1) is 15.5. The molecule has 1 saturated carbocycles. The van der Waals surface area contributed by atoms with Gasteiger partial charge in [-0.15, -0.1) is 0 Å². The largest absolute Gasteiger partial charge is 0.493 e. The van der Waals surface area contributed by atoms with Gasteiger partial charge in [-0.25, -0.2) is 4.39 Å². The van der Waals surface area contributed by atoms with Crippen LogP contribution >= 0.6 is 0 Å². The summed E-state index contributed by atoms with van der Waals surface area (Å²) in [7, 11) is 0. The number of ether oxygens (including phenoxy) is 1. The van der Waals surface area contributed by atoms with E-state index in [9.17, 15) is 9.18 Å². The third-order valence-electron chi connectivity index (χ3n) is 4.32. The molecule has 23 heavy (non-hydrogen) atoms. The molecule has 0 heterocycles. The van der Waals surface area contributed by atoms with Gasteiger partial charge in [-0.2, -0.15) is 0 Å². The molecular weight excluding hydrogens is 293 g/mol. The average molecular weight is 313 g/mol. The molecule has 0 bridgehead atoms. The van der Waals surface area contributed by atoms with Crippen LogP contribution in [0.1, 0.15) is 31.2 Å². The van der Waals surface area contributed by atoms with Gasteiger partial charge in [-0.05, 0) is 49.1 Å². The van der Waals surface area contributed by atoms with Crippen LogP contribution in [-0.2, 0) is 10.3 Å². The second-order valence-corrected chi connectivity index (χ2v) is 5.90. The highest BCUT2D eigenvalue weighted by atomic mass is 19.1. The number of para-hydroxylation sites is 1. The third kappa shape index (κ3) is 3.70. The van der Waals surface area contributed by atoms with Gasteiger partial charge >= 0.3 is 0 Å². The number of rotatable bonds is 6. The van der Waals surface area contributed by atoms with Crippen LogP contribution in [-0.4, -0.2) is 12.5 Å². The predicted molar refractivity (Wildman–Crippen MR) is 86.6 cm³/mol. The summed E-state index contributed by atoms with van der Waals surface area (Å²) in [6.45, 7) is 0.343. The molecule has 1 fully saturated rings. The zero-order valence-corrected chi connectivity index (χ0v) is 12.9. The van der Waals surface area contributed by atoms with Crippen LogP contribution in [0.15, 0.2) is 54.6 Å². The van der Waals surface area contributed by atoms with Gasteiger partial charge < -0.3 is 10.1 Å². The van der Waals surface area contributed by atoms with Crippen LogP contribution < -0.4 is 10.1 Å². The van der Waals surface area contributed by atoms with E-state index in [2.05, 4.69) is 5.32 Å². The molecule has 1 N–H and O–H groups in total. The van der Waals surface area contributed by atoms with Crippen LogP contribution in [0.5, 0.6) is 5.75 Å². The van der Waals surface area contributed by atoms with Crippen molar-refractivity contribution < 1.29 is 13.9 Å². The Hall–Kier alpha value is -2.36. The summed E-state index contributed by atoms with van der Waals surface area (Å²) in [6, 6.07) is 15.8. The van der Waals surface area contributed by atoms with E-state index in [-0.39, 0.29) is 17.3 Å². The van der Waals surface area contributed by atoms with Gasteiger partial charge in [0.2, 0.25) is 5.91 Å². The second kappa shape index (κ2) is 6.82. The van der Waals surface area contributed by atoms with Gasteiger partial charge in [0, 0.05) is 0 Å². The molecule has 0 aliphatic heterocycles. The first-order valence-corrected chi connectivity index (χ1v) is 7.93. The normalized spacial score (nSPS) is 15.5. The highest BCUT2D eigenvalue weighted by molar-refractivity contribution is 5.77. The molecule has 0 atom stereocenters. The summed E-state index contributed by atoms with van der Waals surface area (Å²) in [5.74, 6) is 0.466. The summed E-state index contributed by atoms with van der Waals surface area (Å²) < 4.78 is 18.6. The fourth-order valence-corrected chi connectivity index (χ4v) is 2.89. The summed E-state index contributed by atoms with van der Waals surface area (Å²) >= 11 is 0. The van der Waals surface area contributed by atoms with Crippen molar-refractivity contribution >= 4 is 5.91 Å². The summed E-state index contributed by atoms with van der Waals surface area (Å²) in [5, 5.41) is 3.11. The smallest absolute Gasteiger partial charge is 0.224 e. The summed E-state index contributed by atoms with van der Waals surface area (Å²) in [4.78, 5) is 12.2. The van der Waals surface area contributed by atoms with Crippen molar-refractivity contribution in [1.29, 1.82) is 0 Å². The zero-order valence-electron chi connectivity index (χ0n) is 12.9. The van der Waals surface area contributed by atoms with Crippen molar-refractivity contribution in [3.63, 3.8) is 0 Å². The topological polar surface area (TPSA) is 38.3 Å². The number of carbonyl (C=O) groups excluding carboxylic acids is 1. The Kier molecular flexibility index (Phi) is 4.60. The molecule has 2 aromatic rings. The number of hydrogen-bond donors (Lipinski definition) is 1. The standard InChI is InChI=1S/C19H20FNO2/c20-16-9-7-15(8-10-16)19(12-4-13-19)21-18(22)11-14-23-17-5-2-1-3-6-17/h1-3,5-10H,4,11-14H2,(H,21,22). The molecule has 0 aromatic heterocycles. The lowest BCUT2D eigenvalue weighted by Crippen LogP contribution is -2.51. The van der Waals surface area contributed by atoms with Crippen LogP contribution in [0, 0.1) is 5.82 Å². The van der Waals surface area contributed by atoms with Crippen molar-refractivity contribution in [2.75, 3.05) is 6.61 Å². The molecule has 0 unspecified atom stereocenters. The molecule has 2 aromatic carbocycles. The van der Waals surface area contributed by atoms with Crippen LogP contribution in [0.2, 0.25) is 0 Å². The quantitative estimate of drug-likeness (QED) is 0.881. The molecule has 0 saturated heterocycles. The number of hydrogen-bond acceptors (Lipinski definition) is 2. The molecule has 120 valence electrons. The van der Waals surface area contributed by atoms with Gasteiger partial charge in [-0.1, -0.05) is 30.3 Å². The molecule has 1 aliphatic carbocycles. The lowest BCUT2D eigenvalue weighted by atomic mass is 9.71. The maximum atomic E-state index is 13.1. The van der Waals surface area contributed by atoms with Crippen molar-refractivity contribution in [3.05, 3.63) is 66.0 Å². The van der Waals surface area contributed by atoms with Crippen molar-refractivity contribution in [2.24, 2.45) is 0 Å². The third-order valence-corrected chi connectivity index (χ3v) is 4.32. The van der Waals surface area contributed by atoms with Crippen molar-refractivity contribution in [1.82, 2.24) is 5.32 Å². The average Bonchev–Trinajstić information content (AvgIpc) is 2.53. The van der Waals surface area contributed by atoms with Crippen LogP contribution in [0.3, 0.4) is 0 Å². The summed E-state index contributed by atoms with van der Waals surface area (Å²) in [6.07, 6.45) is 3.16. The first-order chi connectivity index (χ1) is 11.2. The lowest BCUT2D eigenvalue weighted by Gasteiger charge is -2.43. The molecule has 3 nitrogen and oxygen atoms in total. The molecule has 1 aliphatic rings. The van der Waals surface area contributed by atoms with Crippen LogP contribution in [0.25, 0.3) is 0 Å². The fourth-order valence-electron chi connectivity index (χ4n) is 2.89. The minimum atomic E-state index is -0.336. The Morgan fingerprint density at radius 3 is 2.39 bits per heavy atom. The van der Waals surface area contributed by atoms with Gasteiger partial charge in [-0.3, -0.25) is 4.79 Å². The Balaban J connectivity index is 1.54. The number of amides is 1. The highest BCUT2D eigenvalue weighted by Crippen LogP contribution is 2.41. The molecule has 3 rings (SSSR count). The number of carbonyl (C=O) groups is 1. The first-order valence-electron chi connectivity index (χ1n) is 7.93. The van der Waals surface area contributed by atoms with Crippen molar-refractivity contribution in [2.45, 2.75) is 31.2 Å². The van der Waals surface area contributed by atoms with Gasteiger partial charge in [0.1, 0.15) is 11.6 Å². The Morgan fingerprint density at radius 1 is 1.09 bits per heavy atom. The van der Waals surface area contributed by atoms with E-state index in [1.165, 1.54) is 12.1 Å². The molecule has 4 heteroatoms. The van der Waals surface area contributed by atoms with Gasteiger partial charge in [0.15, 0.2) is 0 Å². The fraction of sp³-hybridized carbons (Fsp3) is 0.316. The van der Waals surface area contributed by atoms with Crippen molar-refractivity contribution in [3.8, 4) is 5.75 Å². The molecular formula is C19H20FNO2. The number of nitrogens with one attached hydrogen (secondary N) is 1. The SMILES string of the molecule is O=C(CCOc1ccccc1)NC1(c2ccc(F)cc2)CCC1. The maximum Gasteiger partial charge on any atom is 0.224 e. The Bertz CT molecular complexity index is 651. The van der Waals surface area contributed by atoms with E-state index < -0.39 is 0 Å². The monoisotopic (exact) mass is 313 g/mol. The van der Waals surface area contributed by atoms with E-state index >= 15 is 0 Å². The Morgan fingerprint density at radius 2 is 1.78 bits per heavy atom. The predicted octanol–water partition coefficient (Wildman–Crippen LogP) is 3.79. The van der Waals surface area contributed by atoms with Crippen LogP contribution in [0.4, 0.5) is 4.39 Å². The second-order valence-electron chi connectivity index (χ2n) is 5.90. The molecule has 0 radical (unpaired) electrons. The Labute approximate surface area is 135 Å². The maximum absolute atomic E-state index is 13.1. The highest BCUT2D eigenvalue weighted by Gasteiger charge is 2.39. The lowest BCUT2D eigenvalue weighted by molar-refractivity contribution is -0.124. The van der Waals surface area contributed by atoms with E-state index in [1.807, 2.05) is 30.3 Å². The summed E-state index contributed by atoms with van der Waals surface area (Å²) in [5.41, 5.74) is 0.639.